The van der Waals surface area contributed by atoms with Crippen molar-refractivity contribution in [2.24, 2.45) is 5.92 Å². The minimum absolute atomic E-state index is 0.0478. The summed E-state index contributed by atoms with van der Waals surface area (Å²) in [6.07, 6.45) is 0. The molecule has 1 aliphatic heterocycles. The standard InChI is InChI=1S/C20H18F2N2O3S/c1-12-16(18(25)26-11-13-7-3-2-4-8-13)17(24-20(28)23-12)14-9-5-6-10-15(14)27-19(21)22/h2-10,16-17,19H,1,11H2,(H2,23,24,28)/t16-,17+/m0/s1. The van der Waals surface area contributed by atoms with Gasteiger partial charge >= 0.3 is 12.6 Å². The lowest BCUT2D eigenvalue weighted by Crippen LogP contribution is -2.51. The number of carbonyl (C=O) groups excluding carboxylic acids is 1. The first-order chi connectivity index (χ1) is 13.5. The second-order valence-corrected chi connectivity index (χ2v) is 6.50. The Morgan fingerprint density at radius 1 is 1.14 bits per heavy atom. The van der Waals surface area contributed by atoms with Crippen molar-refractivity contribution in [1.82, 2.24) is 10.6 Å². The van der Waals surface area contributed by atoms with Crippen LogP contribution in [-0.2, 0) is 16.1 Å². The van der Waals surface area contributed by atoms with Gasteiger partial charge in [-0.15, -0.1) is 0 Å². The molecule has 0 bridgehead atoms. The normalized spacial score (nSPS) is 19.0. The van der Waals surface area contributed by atoms with Crippen LogP contribution in [0.2, 0.25) is 0 Å². The fourth-order valence-corrected chi connectivity index (χ4v) is 3.24. The number of nitrogens with one attached hydrogen (secondary N) is 2. The Kier molecular flexibility index (Phi) is 6.20. The van der Waals surface area contributed by atoms with Crippen LogP contribution < -0.4 is 15.4 Å². The van der Waals surface area contributed by atoms with Gasteiger partial charge in [0, 0.05) is 11.3 Å². The summed E-state index contributed by atoms with van der Waals surface area (Å²) in [5.74, 6) is -1.50. The predicted molar refractivity (Wildman–Crippen MR) is 104 cm³/mol. The second kappa shape index (κ2) is 8.79. The van der Waals surface area contributed by atoms with Gasteiger partial charge in [0.05, 0.1) is 6.04 Å². The quantitative estimate of drug-likeness (QED) is 0.566. The van der Waals surface area contributed by atoms with Crippen LogP contribution >= 0.6 is 12.2 Å². The van der Waals surface area contributed by atoms with Gasteiger partial charge in [-0.2, -0.15) is 8.78 Å². The fourth-order valence-electron chi connectivity index (χ4n) is 2.98. The number of hydrogen-bond acceptors (Lipinski definition) is 4. The molecule has 2 atom stereocenters. The van der Waals surface area contributed by atoms with Crippen LogP contribution in [-0.4, -0.2) is 17.7 Å². The van der Waals surface area contributed by atoms with E-state index in [2.05, 4.69) is 21.9 Å². The maximum Gasteiger partial charge on any atom is 0.387 e. The van der Waals surface area contributed by atoms with Crippen LogP contribution in [0.3, 0.4) is 0 Å². The second-order valence-electron chi connectivity index (χ2n) is 6.09. The zero-order valence-electron chi connectivity index (χ0n) is 14.7. The Morgan fingerprint density at radius 3 is 2.54 bits per heavy atom. The van der Waals surface area contributed by atoms with Gasteiger partial charge in [0.1, 0.15) is 18.3 Å². The first-order valence-corrected chi connectivity index (χ1v) is 8.87. The number of alkyl halides is 2. The topological polar surface area (TPSA) is 59.6 Å². The number of rotatable bonds is 6. The number of carbonyl (C=O) groups is 1. The van der Waals surface area contributed by atoms with E-state index in [9.17, 15) is 13.6 Å². The van der Waals surface area contributed by atoms with E-state index in [4.69, 9.17) is 17.0 Å². The maximum atomic E-state index is 12.8. The van der Waals surface area contributed by atoms with E-state index in [-0.39, 0.29) is 17.5 Å². The average Bonchev–Trinajstić information content (AvgIpc) is 2.66. The molecule has 2 aromatic rings. The lowest BCUT2D eigenvalue weighted by Gasteiger charge is -2.35. The van der Waals surface area contributed by atoms with E-state index >= 15 is 0 Å². The van der Waals surface area contributed by atoms with E-state index in [1.165, 1.54) is 6.07 Å². The minimum Gasteiger partial charge on any atom is -0.460 e. The third-order valence-corrected chi connectivity index (χ3v) is 4.44. The summed E-state index contributed by atoms with van der Waals surface area (Å²) in [5.41, 5.74) is 1.50. The molecular formula is C20H18F2N2O3S. The number of esters is 1. The molecule has 146 valence electrons. The third kappa shape index (κ3) is 4.64. The van der Waals surface area contributed by atoms with Crippen molar-refractivity contribution >= 4 is 23.3 Å². The van der Waals surface area contributed by atoms with E-state index < -0.39 is 24.5 Å². The zero-order valence-corrected chi connectivity index (χ0v) is 15.5. The maximum absolute atomic E-state index is 12.8. The Hall–Kier alpha value is -3.00. The summed E-state index contributed by atoms with van der Waals surface area (Å²) in [7, 11) is 0. The van der Waals surface area contributed by atoms with E-state index in [0.29, 0.717) is 11.3 Å². The lowest BCUT2D eigenvalue weighted by atomic mass is 9.88. The van der Waals surface area contributed by atoms with Crippen molar-refractivity contribution in [2.75, 3.05) is 0 Å². The molecule has 0 aliphatic carbocycles. The number of benzene rings is 2. The Morgan fingerprint density at radius 2 is 1.82 bits per heavy atom. The number of ether oxygens (including phenoxy) is 2. The van der Waals surface area contributed by atoms with Crippen molar-refractivity contribution in [3.8, 4) is 5.75 Å². The van der Waals surface area contributed by atoms with E-state index in [0.717, 1.165) is 5.56 Å². The van der Waals surface area contributed by atoms with Crippen molar-refractivity contribution in [2.45, 2.75) is 19.3 Å². The molecule has 0 amide bonds. The zero-order chi connectivity index (χ0) is 20.1. The Labute approximate surface area is 166 Å². The SMILES string of the molecule is C=C1NC(=S)N[C@H](c2ccccc2OC(F)F)[C@H]1C(=O)OCc1ccccc1. The molecule has 0 saturated carbocycles. The van der Waals surface area contributed by atoms with Crippen molar-refractivity contribution in [3.05, 3.63) is 78.0 Å². The van der Waals surface area contributed by atoms with Crippen LogP contribution in [0.4, 0.5) is 8.78 Å². The number of halogens is 2. The largest absolute Gasteiger partial charge is 0.460 e. The molecule has 1 heterocycles. The minimum atomic E-state index is -3.00. The molecule has 3 rings (SSSR count). The van der Waals surface area contributed by atoms with Gasteiger partial charge < -0.3 is 20.1 Å². The fraction of sp³-hybridized carbons (Fsp3) is 0.200. The number of hydrogen-bond donors (Lipinski definition) is 2. The van der Waals surface area contributed by atoms with Gasteiger partial charge in [-0.25, -0.2) is 0 Å². The molecule has 5 nitrogen and oxygen atoms in total. The van der Waals surface area contributed by atoms with Crippen LogP contribution in [0.5, 0.6) is 5.75 Å². The molecule has 0 radical (unpaired) electrons. The number of thiocarbonyl (C=S) groups is 1. The van der Waals surface area contributed by atoms with Crippen LogP contribution in [0.15, 0.2) is 66.9 Å². The molecular weight excluding hydrogens is 386 g/mol. The summed E-state index contributed by atoms with van der Waals surface area (Å²) in [5, 5.41) is 5.97. The smallest absolute Gasteiger partial charge is 0.387 e. The molecule has 0 aromatic heterocycles. The van der Waals surface area contributed by atoms with E-state index in [1.54, 1.807) is 18.2 Å². The summed E-state index contributed by atoms with van der Waals surface area (Å²) < 4.78 is 35.6. The highest BCUT2D eigenvalue weighted by molar-refractivity contribution is 7.80. The molecule has 2 N–H and O–H groups in total. The molecule has 28 heavy (non-hydrogen) atoms. The Bertz CT molecular complexity index is 877. The first kappa shape index (κ1) is 19.8. The first-order valence-electron chi connectivity index (χ1n) is 8.46. The highest BCUT2D eigenvalue weighted by Gasteiger charge is 2.39. The molecule has 8 heteroatoms. The highest BCUT2D eigenvalue weighted by Crippen LogP contribution is 2.36. The van der Waals surface area contributed by atoms with Gasteiger partial charge in [-0.3, -0.25) is 4.79 Å². The van der Waals surface area contributed by atoms with Crippen molar-refractivity contribution in [3.63, 3.8) is 0 Å². The van der Waals surface area contributed by atoms with Crippen LogP contribution in [0.25, 0.3) is 0 Å². The molecule has 2 aromatic carbocycles. The van der Waals surface area contributed by atoms with E-state index in [1.807, 2.05) is 30.3 Å². The van der Waals surface area contributed by atoms with Gasteiger partial charge in [-0.05, 0) is 23.8 Å². The molecule has 1 saturated heterocycles. The van der Waals surface area contributed by atoms with Gasteiger partial charge in [0.15, 0.2) is 5.11 Å². The number of para-hydroxylation sites is 1. The third-order valence-electron chi connectivity index (χ3n) is 4.22. The van der Waals surface area contributed by atoms with Gasteiger partial charge in [0.2, 0.25) is 0 Å². The highest BCUT2D eigenvalue weighted by atomic mass is 32.1. The molecule has 1 aliphatic rings. The van der Waals surface area contributed by atoms with Crippen molar-refractivity contribution in [1.29, 1.82) is 0 Å². The van der Waals surface area contributed by atoms with Gasteiger partial charge in [-0.1, -0.05) is 55.1 Å². The summed E-state index contributed by atoms with van der Waals surface area (Å²) >= 11 is 5.15. The summed E-state index contributed by atoms with van der Waals surface area (Å²) in [6.45, 7) is 0.941. The van der Waals surface area contributed by atoms with Crippen molar-refractivity contribution < 1.29 is 23.0 Å². The lowest BCUT2D eigenvalue weighted by molar-refractivity contribution is -0.149. The van der Waals surface area contributed by atoms with Gasteiger partial charge in [0.25, 0.3) is 0 Å². The average molecular weight is 404 g/mol. The summed E-state index contributed by atoms with van der Waals surface area (Å²) in [6, 6.07) is 14.7. The van der Waals surface area contributed by atoms with Crippen LogP contribution in [0.1, 0.15) is 17.2 Å². The monoisotopic (exact) mass is 404 g/mol. The molecule has 0 spiro atoms. The van der Waals surface area contributed by atoms with Crippen LogP contribution in [0, 0.1) is 5.92 Å². The molecule has 0 unspecified atom stereocenters. The predicted octanol–water partition coefficient (Wildman–Crippen LogP) is 3.68. The summed E-state index contributed by atoms with van der Waals surface area (Å²) in [4.78, 5) is 12.8. The Balaban J connectivity index is 1.86. The molecule has 1 fully saturated rings.